The molecule has 0 bridgehead atoms. The minimum Gasteiger partial charge on any atom is -0.455 e. The molecule has 1 aromatic heterocycles. The first kappa shape index (κ1) is 18.7. The van der Waals surface area contributed by atoms with Gasteiger partial charge in [0.1, 0.15) is 6.54 Å². The summed E-state index contributed by atoms with van der Waals surface area (Å²) >= 11 is 0. The molecule has 0 amide bonds. The molecule has 0 aliphatic carbocycles. The maximum absolute atomic E-state index is 12.0. The van der Waals surface area contributed by atoms with E-state index in [1.54, 1.807) is 18.2 Å². The molecular weight excluding hydrogens is 370 g/mol. The van der Waals surface area contributed by atoms with Crippen molar-refractivity contribution in [2.45, 2.75) is 18.4 Å². The number of sulfonamides is 1. The number of aryl methyl sites for hydroxylation is 1. The Bertz CT molecular complexity index is 1010. The summed E-state index contributed by atoms with van der Waals surface area (Å²) in [6, 6.07) is 15.3. The molecule has 9 heteroatoms. The first-order valence-corrected chi connectivity index (χ1v) is 9.52. The fraction of sp³-hybridized carbons (Fsp3) is 0.167. The number of ether oxygens (including phenoxy) is 1. The van der Waals surface area contributed by atoms with Crippen LogP contribution in [-0.2, 0) is 26.2 Å². The number of nitrogens with zero attached hydrogens (tertiary/aromatic N) is 2. The average Bonchev–Trinajstić information content (AvgIpc) is 3.15. The summed E-state index contributed by atoms with van der Waals surface area (Å²) in [5.74, 6) is -0.264. The minimum absolute atomic E-state index is 0.0671. The van der Waals surface area contributed by atoms with Crippen LogP contribution in [0.5, 0.6) is 0 Å². The number of benzene rings is 2. The first-order valence-electron chi connectivity index (χ1n) is 8.04. The van der Waals surface area contributed by atoms with Gasteiger partial charge in [-0.25, -0.2) is 8.42 Å². The molecule has 0 spiro atoms. The van der Waals surface area contributed by atoms with Crippen LogP contribution in [0.2, 0.25) is 0 Å². The van der Waals surface area contributed by atoms with E-state index in [4.69, 9.17) is 9.26 Å². The average molecular weight is 387 g/mol. The number of hydrogen-bond acceptors (Lipinski definition) is 7. The zero-order valence-electron chi connectivity index (χ0n) is 14.5. The van der Waals surface area contributed by atoms with Gasteiger partial charge >= 0.3 is 5.97 Å². The van der Waals surface area contributed by atoms with E-state index >= 15 is 0 Å². The predicted octanol–water partition coefficient (Wildman–Crippen LogP) is 2.07. The van der Waals surface area contributed by atoms with Crippen molar-refractivity contribution in [3.05, 3.63) is 66.1 Å². The van der Waals surface area contributed by atoms with Gasteiger partial charge in [0.15, 0.2) is 6.61 Å². The molecule has 0 saturated carbocycles. The lowest BCUT2D eigenvalue weighted by atomic mass is 10.1. The molecule has 0 aliphatic heterocycles. The van der Waals surface area contributed by atoms with E-state index in [2.05, 4.69) is 14.9 Å². The highest BCUT2D eigenvalue weighted by molar-refractivity contribution is 7.89. The fourth-order valence-corrected chi connectivity index (χ4v) is 3.15. The van der Waals surface area contributed by atoms with Crippen molar-refractivity contribution in [1.29, 1.82) is 0 Å². The van der Waals surface area contributed by atoms with Gasteiger partial charge in [-0.1, -0.05) is 53.2 Å². The van der Waals surface area contributed by atoms with Gasteiger partial charge in [0.05, 0.1) is 4.90 Å². The Balaban J connectivity index is 1.52. The summed E-state index contributed by atoms with van der Waals surface area (Å²) in [5, 5.41) is 3.83. The van der Waals surface area contributed by atoms with Crippen LogP contribution in [0.3, 0.4) is 0 Å². The van der Waals surface area contributed by atoms with Gasteiger partial charge in [0.2, 0.25) is 15.8 Å². The Morgan fingerprint density at radius 3 is 2.52 bits per heavy atom. The molecule has 0 unspecified atom stereocenters. The van der Waals surface area contributed by atoms with Crippen molar-refractivity contribution in [2.24, 2.45) is 0 Å². The van der Waals surface area contributed by atoms with Crippen LogP contribution in [0.15, 0.2) is 64.0 Å². The van der Waals surface area contributed by atoms with E-state index in [0.29, 0.717) is 5.82 Å². The summed E-state index contributed by atoms with van der Waals surface area (Å²) in [7, 11) is -3.78. The number of hydrogen-bond donors (Lipinski definition) is 1. The molecule has 0 radical (unpaired) electrons. The first-order chi connectivity index (χ1) is 12.9. The second kappa shape index (κ2) is 8.11. The van der Waals surface area contributed by atoms with Crippen molar-refractivity contribution in [2.75, 3.05) is 6.54 Å². The lowest BCUT2D eigenvalue weighted by Gasteiger charge is -2.06. The number of carbonyl (C=O) groups excluding carboxylic acids is 1. The largest absolute Gasteiger partial charge is 0.455 e. The fourth-order valence-electron chi connectivity index (χ4n) is 2.16. The van der Waals surface area contributed by atoms with Crippen LogP contribution in [0, 0.1) is 6.92 Å². The molecule has 3 aromatic rings. The molecule has 1 N–H and O–H groups in total. The molecule has 0 saturated heterocycles. The van der Waals surface area contributed by atoms with E-state index < -0.39 is 22.5 Å². The monoisotopic (exact) mass is 387 g/mol. The SMILES string of the molecule is Cc1ccc(-c2noc(COC(=O)CNS(=O)(=O)c3ccccc3)n2)cc1. The summed E-state index contributed by atoms with van der Waals surface area (Å²) in [4.78, 5) is 16.0. The van der Waals surface area contributed by atoms with Crippen molar-refractivity contribution < 1.29 is 22.5 Å². The molecular formula is C18H17N3O5S. The Labute approximate surface area is 156 Å². The van der Waals surface area contributed by atoms with Crippen LogP contribution < -0.4 is 4.72 Å². The van der Waals surface area contributed by atoms with Gasteiger partial charge < -0.3 is 9.26 Å². The zero-order chi connectivity index (χ0) is 19.3. The van der Waals surface area contributed by atoms with Crippen molar-refractivity contribution >= 4 is 16.0 Å². The lowest BCUT2D eigenvalue weighted by Crippen LogP contribution is -2.30. The molecule has 27 heavy (non-hydrogen) atoms. The second-order valence-corrected chi connectivity index (χ2v) is 7.44. The number of rotatable bonds is 7. The quantitative estimate of drug-likeness (QED) is 0.618. The van der Waals surface area contributed by atoms with Crippen molar-refractivity contribution in [3.8, 4) is 11.4 Å². The van der Waals surface area contributed by atoms with E-state index in [1.165, 1.54) is 12.1 Å². The minimum atomic E-state index is -3.78. The zero-order valence-corrected chi connectivity index (χ0v) is 15.3. The van der Waals surface area contributed by atoms with Gasteiger partial charge in [0, 0.05) is 5.56 Å². The highest BCUT2D eigenvalue weighted by Crippen LogP contribution is 2.16. The van der Waals surface area contributed by atoms with Gasteiger partial charge in [0.25, 0.3) is 5.89 Å². The van der Waals surface area contributed by atoms with Gasteiger partial charge in [-0.3, -0.25) is 4.79 Å². The van der Waals surface area contributed by atoms with Gasteiger partial charge in [-0.05, 0) is 19.1 Å². The topological polar surface area (TPSA) is 111 Å². The third-order valence-electron chi connectivity index (χ3n) is 3.59. The predicted molar refractivity (Wildman–Crippen MR) is 95.9 cm³/mol. The van der Waals surface area contributed by atoms with Gasteiger partial charge in [-0.2, -0.15) is 9.71 Å². The van der Waals surface area contributed by atoms with E-state index in [9.17, 15) is 13.2 Å². The normalized spacial score (nSPS) is 11.3. The molecule has 2 aromatic carbocycles. The number of aromatic nitrogens is 2. The summed E-state index contributed by atoms with van der Waals surface area (Å²) in [6.45, 7) is 1.22. The lowest BCUT2D eigenvalue weighted by molar-refractivity contribution is -0.144. The number of esters is 1. The number of carbonyl (C=O) groups is 1. The summed E-state index contributed by atoms with van der Waals surface area (Å²) in [5.41, 5.74) is 1.88. The summed E-state index contributed by atoms with van der Waals surface area (Å²) in [6.07, 6.45) is 0. The van der Waals surface area contributed by atoms with Crippen LogP contribution >= 0.6 is 0 Å². The Kier molecular flexibility index (Phi) is 5.63. The molecule has 0 atom stereocenters. The smallest absolute Gasteiger partial charge is 0.321 e. The molecule has 8 nitrogen and oxygen atoms in total. The van der Waals surface area contributed by atoms with Crippen LogP contribution in [0.25, 0.3) is 11.4 Å². The van der Waals surface area contributed by atoms with Crippen LogP contribution in [0.4, 0.5) is 0 Å². The summed E-state index contributed by atoms with van der Waals surface area (Å²) < 4.78 is 36.3. The van der Waals surface area contributed by atoms with E-state index in [-0.39, 0.29) is 17.4 Å². The third-order valence-corrected chi connectivity index (χ3v) is 5.01. The molecule has 1 heterocycles. The Morgan fingerprint density at radius 2 is 1.81 bits per heavy atom. The second-order valence-electron chi connectivity index (χ2n) is 5.68. The van der Waals surface area contributed by atoms with E-state index in [0.717, 1.165) is 11.1 Å². The van der Waals surface area contributed by atoms with Crippen LogP contribution in [0.1, 0.15) is 11.5 Å². The maximum Gasteiger partial charge on any atom is 0.321 e. The van der Waals surface area contributed by atoms with Crippen LogP contribution in [-0.4, -0.2) is 31.1 Å². The third kappa shape index (κ3) is 4.99. The van der Waals surface area contributed by atoms with Crippen molar-refractivity contribution in [3.63, 3.8) is 0 Å². The Morgan fingerprint density at radius 1 is 1.11 bits per heavy atom. The molecule has 140 valence electrons. The standard InChI is InChI=1S/C18H17N3O5S/c1-13-7-9-14(10-8-13)18-20-16(26-21-18)12-25-17(22)11-19-27(23,24)15-5-3-2-4-6-15/h2-10,19H,11-12H2,1H3. The highest BCUT2D eigenvalue weighted by Gasteiger charge is 2.16. The Hall–Kier alpha value is -3.04. The number of nitrogens with one attached hydrogen (secondary N) is 1. The van der Waals surface area contributed by atoms with Crippen molar-refractivity contribution in [1.82, 2.24) is 14.9 Å². The maximum atomic E-state index is 12.0. The molecule has 0 fully saturated rings. The molecule has 0 aliphatic rings. The van der Waals surface area contributed by atoms with Gasteiger partial charge in [-0.15, -0.1) is 0 Å². The molecule has 3 rings (SSSR count). The highest BCUT2D eigenvalue weighted by atomic mass is 32.2. The van der Waals surface area contributed by atoms with E-state index in [1.807, 2.05) is 31.2 Å².